The third-order valence-corrected chi connectivity index (χ3v) is 4.52. The molecule has 2 rings (SSSR count). The summed E-state index contributed by atoms with van der Waals surface area (Å²) < 4.78 is 5.74. The van der Waals surface area contributed by atoms with Gasteiger partial charge in [0, 0.05) is 31.8 Å². The molecule has 0 spiro atoms. The van der Waals surface area contributed by atoms with Crippen LogP contribution in [0.4, 0.5) is 0 Å². The standard InChI is InChI=1S/C18H30N2O/c1-18(2)16-20(13-12-19(18)3)11-7-8-14-21-15-17-9-5-4-6-10-17/h4-6,9-10H,7-8,11-16H2,1-3H3. The lowest BCUT2D eigenvalue weighted by Gasteiger charge is -2.45. The molecule has 3 nitrogen and oxygen atoms in total. The van der Waals surface area contributed by atoms with E-state index in [0.29, 0.717) is 5.54 Å². The van der Waals surface area contributed by atoms with Gasteiger partial charge in [-0.2, -0.15) is 0 Å². The van der Waals surface area contributed by atoms with Crippen LogP contribution in [0, 0.1) is 0 Å². The van der Waals surface area contributed by atoms with Crippen molar-refractivity contribution >= 4 is 0 Å². The van der Waals surface area contributed by atoms with Crippen LogP contribution in [-0.2, 0) is 11.3 Å². The van der Waals surface area contributed by atoms with Crippen LogP contribution < -0.4 is 0 Å². The molecule has 0 N–H and O–H groups in total. The average molecular weight is 290 g/mol. The number of rotatable bonds is 7. The Bertz CT molecular complexity index is 405. The zero-order valence-corrected chi connectivity index (χ0v) is 13.8. The first kappa shape index (κ1) is 16.5. The highest BCUT2D eigenvalue weighted by Gasteiger charge is 2.30. The number of piperazine rings is 1. The van der Waals surface area contributed by atoms with Crippen LogP contribution in [0.5, 0.6) is 0 Å². The molecule has 1 aromatic rings. The summed E-state index contributed by atoms with van der Waals surface area (Å²) in [5.41, 5.74) is 1.57. The van der Waals surface area contributed by atoms with Gasteiger partial charge < -0.3 is 9.64 Å². The van der Waals surface area contributed by atoms with Crippen molar-refractivity contribution in [2.45, 2.75) is 38.8 Å². The van der Waals surface area contributed by atoms with Crippen LogP contribution in [0.3, 0.4) is 0 Å². The summed E-state index contributed by atoms with van der Waals surface area (Å²) in [5, 5.41) is 0. The molecule has 1 saturated heterocycles. The summed E-state index contributed by atoms with van der Waals surface area (Å²) >= 11 is 0. The van der Waals surface area contributed by atoms with Crippen molar-refractivity contribution in [2.75, 3.05) is 39.8 Å². The van der Waals surface area contributed by atoms with Crippen molar-refractivity contribution in [2.24, 2.45) is 0 Å². The monoisotopic (exact) mass is 290 g/mol. The average Bonchev–Trinajstić information content (AvgIpc) is 2.47. The van der Waals surface area contributed by atoms with Crippen LogP contribution in [0.25, 0.3) is 0 Å². The van der Waals surface area contributed by atoms with Crippen LogP contribution in [0.15, 0.2) is 30.3 Å². The Morgan fingerprint density at radius 2 is 1.86 bits per heavy atom. The van der Waals surface area contributed by atoms with Crippen LogP contribution in [0.1, 0.15) is 32.3 Å². The van der Waals surface area contributed by atoms with Gasteiger partial charge in [0.1, 0.15) is 0 Å². The van der Waals surface area contributed by atoms with Crippen molar-refractivity contribution < 1.29 is 4.74 Å². The summed E-state index contributed by atoms with van der Waals surface area (Å²) in [5.74, 6) is 0. The summed E-state index contributed by atoms with van der Waals surface area (Å²) in [6.45, 7) is 11.0. The van der Waals surface area contributed by atoms with Gasteiger partial charge in [-0.05, 0) is 45.8 Å². The fourth-order valence-electron chi connectivity index (χ4n) is 2.84. The highest BCUT2D eigenvalue weighted by Crippen LogP contribution is 2.18. The molecule has 21 heavy (non-hydrogen) atoms. The molecule has 3 heteroatoms. The van der Waals surface area contributed by atoms with Gasteiger partial charge in [-0.25, -0.2) is 0 Å². The van der Waals surface area contributed by atoms with Crippen molar-refractivity contribution in [1.29, 1.82) is 0 Å². The quantitative estimate of drug-likeness (QED) is 0.718. The smallest absolute Gasteiger partial charge is 0.0716 e. The summed E-state index contributed by atoms with van der Waals surface area (Å²) in [6, 6.07) is 10.4. The number of ether oxygens (including phenoxy) is 1. The van der Waals surface area contributed by atoms with E-state index in [4.69, 9.17) is 4.74 Å². The Balaban J connectivity index is 1.54. The van der Waals surface area contributed by atoms with Crippen LogP contribution in [-0.4, -0.2) is 55.2 Å². The minimum absolute atomic E-state index is 0.308. The summed E-state index contributed by atoms with van der Waals surface area (Å²) in [4.78, 5) is 5.06. The first-order valence-electron chi connectivity index (χ1n) is 8.13. The SMILES string of the molecule is CN1CCN(CCCCOCc2ccccc2)CC1(C)C. The van der Waals surface area contributed by atoms with Gasteiger partial charge in [0.05, 0.1) is 6.61 Å². The van der Waals surface area contributed by atoms with Crippen LogP contribution >= 0.6 is 0 Å². The van der Waals surface area contributed by atoms with E-state index >= 15 is 0 Å². The Kier molecular flexibility index (Phi) is 6.22. The highest BCUT2D eigenvalue weighted by molar-refractivity contribution is 5.13. The zero-order valence-electron chi connectivity index (χ0n) is 13.8. The molecule has 0 unspecified atom stereocenters. The summed E-state index contributed by atoms with van der Waals surface area (Å²) in [6.07, 6.45) is 2.38. The highest BCUT2D eigenvalue weighted by atomic mass is 16.5. The number of likely N-dealkylation sites (N-methyl/N-ethyl adjacent to an activating group) is 1. The van der Waals surface area contributed by atoms with Gasteiger partial charge in [0.25, 0.3) is 0 Å². The van der Waals surface area contributed by atoms with Gasteiger partial charge in [-0.3, -0.25) is 4.90 Å². The van der Waals surface area contributed by atoms with E-state index in [1.54, 1.807) is 0 Å². The molecule has 0 amide bonds. The maximum absolute atomic E-state index is 5.74. The number of hydrogen-bond donors (Lipinski definition) is 0. The minimum Gasteiger partial charge on any atom is -0.377 e. The lowest BCUT2D eigenvalue weighted by molar-refractivity contribution is 0.0373. The molecule has 0 bridgehead atoms. The fourth-order valence-corrected chi connectivity index (χ4v) is 2.84. The number of benzene rings is 1. The predicted octanol–water partition coefficient (Wildman–Crippen LogP) is 3.01. The first-order valence-corrected chi connectivity index (χ1v) is 8.13. The van der Waals surface area contributed by atoms with Crippen molar-refractivity contribution in [3.05, 3.63) is 35.9 Å². The number of nitrogens with zero attached hydrogens (tertiary/aromatic N) is 2. The molecular formula is C18H30N2O. The van der Waals surface area contributed by atoms with E-state index in [2.05, 4.69) is 55.0 Å². The lowest BCUT2D eigenvalue weighted by atomic mass is 9.99. The molecule has 0 atom stereocenters. The molecule has 1 fully saturated rings. The Morgan fingerprint density at radius 3 is 2.57 bits per heavy atom. The molecule has 0 saturated carbocycles. The molecule has 1 aliphatic heterocycles. The number of unbranched alkanes of at least 4 members (excludes halogenated alkanes) is 1. The van der Waals surface area contributed by atoms with E-state index in [0.717, 1.165) is 19.6 Å². The van der Waals surface area contributed by atoms with Gasteiger partial charge in [-0.1, -0.05) is 30.3 Å². The van der Waals surface area contributed by atoms with Crippen molar-refractivity contribution in [3.63, 3.8) is 0 Å². The second-order valence-corrected chi connectivity index (χ2v) is 6.76. The Labute approximate surface area is 129 Å². The van der Waals surface area contributed by atoms with Gasteiger partial charge in [-0.15, -0.1) is 0 Å². The summed E-state index contributed by atoms with van der Waals surface area (Å²) in [7, 11) is 2.23. The third kappa shape index (κ3) is 5.42. The Morgan fingerprint density at radius 1 is 1.10 bits per heavy atom. The normalized spacial score (nSPS) is 19.8. The van der Waals surface area contributed by atoms with Crippen LogP contribution in [0.2, 0.25) is 0 Å². The minimum atomic E-state index is 0.308. The second-order valence-electron chi connectivity index (χ2n) is 6.76. The van der Waals surface area contributed by atoms with Gasteiger partial charge in [0.2, 0.25) is 0 Å². The van der Waals surface area contributed by atoms with E-state index in [-0.39, 0.29) is 0 Å². The van der Waals surface area contributed by atoms with E-state index < -0.39 is 0 Å². The predicted molar refractivity (Wildman–Crippen MR) is 88.5 cm³/mol. The molecule has 0 aliphatic carbocycles. The largest absolute Gasteiger partial charge is 0.377 e. The van der Waals surface area contributed by atoms with E-state index in [1.807, 2.05) is 6.07 Å². The molecule has 0 radical (unpaired) electrons. The molecular weight excluding hydrogens is 260 g/mol. The zero-order chi connectivity index (χ0) is 15.1. The lowest BCUT2D eigenvalue weighted by Crippen LogP contribution is -2.57. The maximum atomic E-state index is 5.74. The molecule has 1 aromatic carbocycles. The third-order valence-electron chi connectivity index (χ3n) is 4.52. The first-order chi connectivity index (χ1) is 10.1. The molecule has 0 aromatic heterocycles. The van der Waals surface area contributed by atoms with E-state index in [1.165, 1.54) is 38.2 Å². The van der Waals surface area contributed by atoms with E-state index in [9.17, 15) is 0 Å². The number of hydrogen-bond acceptors (Lipinski definition) is 3. The fraction of sp³-hybridized carbons (Fsp3) is 0.667. The molecule has 1 aliphatic rings. The molecule has 118 valence electrons. The Hall–Kier alpha value is -0.900. The topological polar surface area (TPSA) is 15.7 Å². The second kappa shape index (κ2) is 7.92. The maximum Gasteiger partial charge on any atom is 0.0716 e. The molecule has 1 heterocycles. The van der Waals surface area contributed by atoms with Gasteiger partial charge >= 0.3 is 0 Å². The van der Waals surface area contributed by atoms with Crippen molar-refractivity contribution in [1.82, 2.24) is 9.80 Å². The van der Waals surface area contributed by atoms with Crippen molar-refractivity contribution in [3.8, 4) is 0 Å². The van der Waals surface area contributed by atoms with Gasteiger partial charge in [0.15, 0.2) is 0 Å².